The van der Waals surface area contributed by atoms with Crippen LogP contribution in [0.1, 0.15) is 53.8 Å². The molecule has 0 unspecified atom stereocenters. The number of para-hydroxylation sites is 1. The fraction of sp³-hybridized carbons (Fsp3) is 0.474. The number of methoxy groups -OCH3 is 1. The van der Waals surface area contributed by atoms with Gasteiger partial charge < -0.3 is 4.74 Å². The summed E-state index contributed by atoms with van der Waals surface area (Å²) in [5.74, 6) is 0.316. The Hall–Kier alpha value is -2.10. The number of nitrogens with zero attached hydrogens (tertiary/aromatic N) is 2. The van der Waals surface area contributed by atoms with Crippen molar-refractivity contribution in [2.75, 3.05) is 7.11 Å². The van der Waals surface area contributed by atoms with Crippen molar-refractivity contribution in [2.24, 2.45) is 5.92 Å². The Morgan fingerprint density at radius 3 is 2.70 bits per heavy atom. The van der Waals surface area contributed by atoms with Crippen LogP contribution < -0.4 is 0 Å². The summed E-state index contributed by atoms with van der Waals surface area (Å²) in [6, 6.07) is 10.0. The molecule has 1 heterocycles. The quantitative estimate of drug-likeness (QED) is 0.799. The third kappa shape index (κ3) is 3.46. The molecule has 2 aromatic rings. The van der Waals surface area contributed by atoms with E-state index in [9.17, 15) is 4.79 Å². The minimum atomic E-state index is -0.373. The van der Waals surface area contributed by atoms with E-state index in [1.54, 1.807) is 0 Å². The molecular formula is C19H24N2O2. The summed E-state index contributed by atoms with van der Waals surface area (Å²) < 4.78 is 6.77. The first kappa shape index (κ1) is 15.8. The molecule has 0 aliphatic heterocycles. The molecule has 1 aromatic heterocycles. The maximum atomic E-state index is 11.9. The highest BCUT2D eigenvalue weighted by Gasteiger charge is 2.21. The molecule has 0 saturated heterocycles. The van der Waals surface area contributed by atoms with E-state index < -0.39 is 0 Å². The Labute approximate surface area is 137 Å². The number of hydrogen-bond acceptors (Lipinski definition) is 3. The van der Waals surface area contributed by atoms with Gasteiger partial charge in [-0.3, -0.25) is 0 Å². The van der Waals surface area contributed by atoms with Crippen molar-refractivity contribution in [3.8, 4) is 5.69 Å². The minimum Gasteiger partial charge on any atom is -0.464 e. The molecule has 0 radical (unpaired) electrons. The van der Waals surface area contributed by atoms with Crippen molar-refractivity contribution in [1.29, 1.82) is 0 Å². The van der Waals surface area contributed by atoms with Crippen LogP contribution in [0.3, 0.4) is 0 Å². The zero-order valence-electron chi connectivity index (χ0n) is 13.9. The average Bonchev–Trinajstić information content (AvgIpc) is 2.99. The Morgan fingerprint density at radius 1 is 1.26 bits per heavy atom. The van der Waals surface area contributed by atoms with E-state index in [4.69, 9.17) is 4.74 Å². The van der Waals surface area contributed by atoms with Gasteiger partial charge in [-0.2, -0.15) is 5.10 Å². The zero-order valence-corrected chi connectivity index (χ0v) is 13.9. The highest BCUT2D eigenvalue weighted by atomic mass is 16.5. The molecule has 3 rings (SSSR count). The van der Waals surface area contributed by atoms with Crippen molar-refractivity contribution in [2.45, 2.75) is 45.4 Å². The number of esters is 1. The summed E-state index contributed by atoms with van der Waals surface area (Å²) in [6.07, 6.45) is 7.48. The van der Waals surface area contributed by atoms with Crippen LogP contribution in [0.4, 0.5) is 0 Å². The summed E-state index contributed by atoms with van der Waals surface area (Å²) in [7, 11) is 1.40. The third-order valence-electron chi connectivity index (χ3n) is 4.74. The van der Waals surface area contributed by atoms with Crippen LogP contribution in [0.25, 0.3) is 5.69 Å². The van der Waals surface area contributed by atoms with Gasteiger partial charge in [-0.15, -0.1) is 0 Å². The standard InChI is InChI=1S/C19H24N2O2/c1-14-8-6-7-11-18(14)21-16(12-15-9-4-3-5-10-15)13-17(20-21)19(22)23-2/h6-8,11,13,15H,3-5,9-10,12H2,1-2H3. The maximum Gasteiger partial charge on any atom is 0.358 e. The van der Waals surface area contributed by atoms with Gasteiger partial charge in [0.1, 0.15) is 0 Å². The van der Waals surface area contributed by atoms with Crippen LogP contribution in [0.5, 0.6) is 0 Å². The van der Waals surface area contributed by atoms with Crippen molar-refractivity contribution in [1.82, 2.24) is 9.78 Å². The summed E-state index contributed by atoms with van der Waals surface area (Å²) in [5, 5.41) is 4.52. The van der Waals surface area contributed by atoms with Crippen molar-refractivity contribution < 1.29 is 9.53 Å². The summed E-state index contributed by atoms with van der Waals surface area (Å²) in [4.78, 5) is 11.9. The first-order valence-corrected chi connectivity index (χ1v) is 8.42. The Kier molecular flexibility index (Phi) is 4.79. The van der Waals surface area contributed by atoms with E-state index in [-0.39, 0.29) is 5.97 Å². The van der Waals surface area contributed by atoms with Crippen LogP contribution in [0, 0.1) is 12.8 Å². The molecule has 122 valence electrons. The van der Waals surface area contributed by atoms with Gasteiger partial charge in [0.25, 0.3) is 0 Å². The molecule has 1 aliphatic carbocycles. The molecule has 0 atom stereocenters. The number of benzene rings is 1. The molecule has 0 N–H and O–H groups in total. The molecule has 1 aliphatic rings. The zero-order chi connectivity index (χ0) is 16.2. The van der Waals surface area contributed by atoms with Crippen LogP contribution in [0.2, 0.25) is 0 Å². The lowest BCUT2D eigenvalue weighted by atomic mass is 9.86. The number of aromatic nitrogens is 2. The van der Waals surface area contributed by atoms with Gasteiger partial charge >= 0.3 is 5.97 Å². The number of hydrogen-bond donors (Lipinski definition) is 0. The summed E-state index contributed by atoms with van der Waals surface area (Å²) >= 11 is 0. The molecule has 4 heteroatoms. The largest absolute Gasteiger partial charge is 0.464 e. The maximum absolute atomic E-state index is 11.9. The van der Waals surface area contributed by atoms with E-state index >= 15 is 0 Å². The highest BCUT2D eigenvalue weighted by Crippen LogP contribution is 2.28. The predicted octanol–water partition coefficient (Wildman–Crippen LogP) is 4.09. The molecule has 1 saturated carbocycles. The molecule has 0 spiro atoms. The van der Waals surface area contributed by atoms with Crippen molar-refractivity contribution >= 4 is 5.97 Å². The van der Waals surface area contributed by atoms with Crippen LogP contribution in [-0.4, -0.2) is 22.9 Å². The number of carbonyl (C=O) groups is 1. The molecule has 23 heavy (non-hydrogen) atoms. The lowest BCUT2D eigenvalue weighted by Crippen LogP contribution is -2.13. The number of rotatable bonds is 4. The van der Waals surface area contributed by atoms with Crippen LogP contribution in [-0.2, 0) is 11.2 Å². The highest BCUT2D eigenvalue weighted by molar-refractivity contribution is 5.87. The van der Waals surface area contributed by atoms with Gasteiger partial charge in [-0.1, -0.05) is 50.3 Å². The lowest BCUT2D eigenvalue weighted by Gasteiger charge is -2.22. The fourth-order valence-corrected chi connectivity index (χ4v) is 3.47. The van der Waals surface area contributed by atoms with Gasteiger partial charge in [0.05, 0.1) is 12.8 Å². The van der Waals surface area contributed by atoms with E-state index in [2.05, 4.69) is 18.1 Å². The van der Waals surface area contributed by atoms with Crippen LogP contribution in [0.15, 0.2) is 30.3 Å². The van der Waals surface area contributed by atoms with Gasteiger partial charge in [0, 0.05) is 5.69 Å². The third-order valence-corrected chi connectivity index (χ3v) is 4.74. The molecule has 1 fully saturated rings. The van der Waals surface area contributed by atoms with Crippen molar-refractivity contribution in [3.63, 3.8) is 0 Å². The van der Waals surface area contributed by atoms with Crippen LogP contribution >= 0.6 is 0 Å². The van der Waals surface area contributed by atoms with E-state index in [1.807, 2.05) is 28.9 Å². The topological polar surface area (TPSA) is 44.1 Å². The van der Waals surface area contributed by atoms with E-state index in [0.717, 1.165) is 23.4 Å². The molecule has 0 bridgehead atoms. The second-order valence-electron chi connectivity index (χ2n) is 6.42. The van der Waals surface area contributed by atoms with Gasteiger partial charge in [0.15, 0.2) is 5.69 Å². The fourth-order valence-electron chi connectivity index (χ4n) is 3.47. The molecule has 1 aromatic carbocycles. The average molecular weight is 312 g/mol. The SMILES string of the molecule is COC(=O)c1cc(CC2CCCCC2)n(-c2ccccc2C)n1. The van der Waals surface area contributed by atoms with Gasteiger partial charge in [-0.05, 0) is 37.0 Å². The summed E-state index contributed by atoms with van der Waals surface area (Å²) in [5.41, 5.74) is 3.68. The second-order valence-corrected chi connectivity index (χ2v) is 6.42. The second kappa shape index (κ2) is 6.99. The Balaban J connectivity index is 1.97. The monoisotopic (exact) mass is 312 g/mol. The Morgan fingerprint density at radius 2 is 2.00 bits per heavy atom. The minimum absolute atomic E-state index is 0.373. The van der Waals surface area contributed by atoms with Crippen molar-refractivity contribution in [3.05, 3.63) is 47.3 Å². The first-order valence-electron chi connectivity index (χ1n) is 8.42. The van der Waals surface area contributed by atoms with E-state index in [1.165, 1.54) is 39.2 Å². The molecule has 0 amide bonds. The molecule has 4 nitrogen and oxygen atoms in total. The van der Waals surface area contributed by atoms with Gasteiger partial charge in [0.2, 0.25) is 0 Å². The van der Waals surface area contributed by atoms with Gasteiger partial charge in [-0.25, -0.2) is 9.48 Å². The number of ether oxygens (including phenoxy) is 1. The predicted molar refractivity (Wildman–Crippen MR) is 89.9 cm³/mol. The smallest absolute Gasteiger partial charge is 0.358 e. The first-order chi connectivity index (χ1) is 11.2. The lowest BCUT2D eigenvalue weighted by molar-refractivity contribution is 0.0593. The molecular weight excluding hydrogens is 288 g/mol. The number of carbonyl (C=O) groups excluding carboxylic acids is 1. The summed E-state index contributed by atoms with van der Waals surface area (Å²) in [6.45, 7) is 2.07. The Bertz CT molecular complexity index is 684. The normalized spacial score (nSPS) is 15.6. The number of aryl methyl sites for hydroxylation is 1. The van der Waals surface area contributed by atoms with E-state index in [0.29, 0.717) is 11.6 Å².